The van der Waals surface area contributed by atoms with Gasteiger partial charge in [-0.2, -0.15) is 0 Å². The summed E-state index contributed by atoms with van der Waals surface area (Å²) in [7, 11) is 0. The minimum atomic E-state index is -0.539. The molecule has 1 saturated heterocycles. The molecule has 0 saturated carbocycles. The number of likely N-dealkylation sites (tertiary alicyclic amines) is 1. The van der Waals surface area contributed by atoms with Crippen molar-refractivity contribution in [3.63, 3.8) is 0 Å². The van der Waals surface area contributed by atoms with Gasteiger partial charge < -0.3 is 14.4 Å². The van der Waals surface area contributed by atoms with E-state index in [1.165, 1.54) is 0 Å². The Morgan fingerprint density at radius 3 is 2.48 bits per heavy atom. The number of hydrogen-bond donors (Lipinski definition) is 0. The summed E-state index contributed by atoms with van der Waals surface area (Å²) in [4.78, 5) is 27.0. The normalized spacial score (nSPS) is 17.9. The van der Waals surface area contributed by atoms with Gasteiger partial charge in [-0.3, -0.25) is 0 Å². The van der Waals surface area contributed by atoms with E-state index in [0.717, 1.165) is 25.7 Å². The molecular formula is C24H35NO4. The van der Waals surface area contributed by atoms with Gasteiger partial charge in [0.15, 0.2) is 0 Å². The highest BCUT2D eigenvalue weighted by atomic mass is 16.6. The van der Waals surface area contributed by atoms with Gasteiger partial charge in [-0.25, -0.2) is 9.59 Å². The molecule has 0 radical (unpaired) electrons. The van der Waals surface area contributed by atoms with Crippen LogP contribution < -0.4 is 0 Å². The first kappa shape index (κ1) is 23.0. The van der Waals surface area contributed by atoms with E-state index in [1.54, 1.807) is 17.0 Å². The molecule has 1 atom stereocenters. The molecule has 0 spiro atoms. The molecule has 1 aliphatic heterocycles. The van der Waals surface area contributed by atoms with E-state index >= 15 is 0 Å². The predicted octanol–water partition coefficient (Wildman–Crippen LogP) is 5.95. The molecule has 29 heavy (non-hydrogen) atoms. The van der Waals surface area contributed by atoms with Crippen molar-refractivity contribution < 1.29 is 19.1 Å². The second kappa shape index (κ2) is 10.5. The number of amides is 1. The molecule has 5 nitrogen and oxygen atoms in total. The summed E-state index contributed by atoms with van der Waals surface area (Å²) in [6.07, 6.45) is 6.04. The summed E-state index contributed by atoms with van der Waals surface area (Å²) in [5.41, 5.74) is -0.0150. The summed E-state index contributed by atoms with van der Waals surface area (Å²) in [6, 6.07) is 8.88. The van der Waals surface area contributed by atoms with Crippen LogP contribution in [0.3, 0.4) is 0 Å². The number of allylic oxidation sites excluding steroid dienone is 1. The molecule has 1 aliphatic rings. The first-order valence-electron chi connectivity index (χ1n) is 10.6. The zero-order valence-corrected chi connectivity index (χ0v) is 18.4. The SMILES string of the molecule is CC(C)CC/C(=C\C1CCCCN1C(=O)OC(C)(C)C)OC(=O)c1ccccc1. The lowest BCUT2D eigenvalue weighted by molar-refractivity contribution is 0.0146. The van der Waals surface area contributed by atoms with Gasteiger partial charge in [-0.1, -0.05) is 32.0 Å². The largest absolute Gasteiger partial charge is 0.444 e. The summed E-state index contributed by atoms with van der Waals surface area (Å²) in [5.74, 6) is 0.760. The van der Waals surface area contributed by atoms with Crippen molar-refractivity contribution in [2.75, 3.05) is 6.54 Å². The highest BCUT2D eigenvalue weighted by Crippen LogP contribution is 2.24. The van der Waals surface area contributed by atoms with Gasteiger partial charge >= 0.3 is 12.1 Å². The van der Waals surface area contributed by atoms with Crippen LogP contribution in [0.4, 0.5) is 4.79 Å². The van der Waals surface area contributed by atoms with E-state index in [9.17, 15) is 9.59 Å². The van der Waals surface area contributed by atoms with E-state index < -0.39 is 5.60 Å². The van der Waals surface area contributed by atoms with Crippen LogP contribution in [0.1, 0.15) is 77.1 Å². The highest BCUT2D eigenvalue weighted by molar-refractivity contribution is 5.90. The standard InChI is InChI=1S/C24H35NO4/c1-18(2)14-15-21(28-22(26)19-11-7-6-8-12-19)17-20-13-9-10-16-25(20)23(27)29-24(3,4)5/h6-8,11-12,17-18,20H,9-10,13-16H2,1-5H3/b21-17+. The van der Waals surface area contributed by atoms with Crippen molar-refractivity contribution in [1.29, 1.82) is 0 Å². The van der Waals surface area contributed by atoms with Crippen LogP contribution in [0, 0.1) is 5.92 Å². The maximum absolute atomic E-state index is 12.7. The van der Waals surface area contributed by atoms with Crippen LogP contribution in [0.5, 0.6) is 0 Å². The average molecular weight is 402 g/mol. The van der Waals surface area contributed by atoms with Gasteiger partial charge in [0, 0.05) is 13.0 Å². The lowest BCUT2D eigenvalue weighted by Gasteiger charge is -2.35. The Bertz CT molecular complexity index is 703. The molecule has 2 rings (SSSR count). The number of esters is 1. The first-order chi connectivity index (χ1) is 13.7. The van der Waals surface area contributed by atoms with Crippen LogP contribution in [0.15, 0.2) is 42.2 Å². The lowest BCUT2D eigenvalue weighted by Crippen LogP contribution is -2.45. The number of carbonyl (C=O) groups excluding carboxylic acids is 2. The summed E-state index contributed by atoms with van der Waals surface area (Å²) < 4.78 is 11.3. The average Bonchev–Trinajstić information content (AvgIpc) is 2.65. The van der Waals surface area contributed by atoms with E-state index in [-0.39, 0.29) is 18.1 Å². The van der Waals surface area contributed by atoms with Crippen molar-refractivity contribution in [2.24, 2.45) is 5.92 Å². The second-order valence-corrected chi connectivity index (χ2v) is 9.06. The van der Waals surface area contributed by atoms with Gasteiger partial charge in [0.1, 0.15) is 11.4 Å². The van der Waals surface area contributed by atoms with Gasteiger partial charge in [-0.15, -0.1) is 0 Å². The number of rotatable bonds is 6. The molecular weight excluding hydrogens is 366 g/mol. The fraction of sp³-hybridized carbons (Fsp3) is 0.583. The fourth-order valence-corrected chi connectivity index (χ4v) is 3.24. The second-order valence-electron chi connectivity index (χ2n) is 9.06. The molecule has 1 aromatic carbocycles. The molecule has 0 aromatic heterocycles. The van der Waals surface area contributed by atoms with Crippen molar-refractivity contribution in [2.45, 2.75) is 78.4 Å². The maximum atomic E-state index is 12.7. The topological polar surface area (TPSA) is 55.8 Å². The molecule has 160 valence electrons. The van der Waals surface area contributed by atoms with Gasteiger partial charge in [0.25, 0.3) is 0 Å². The molecule has 1 aromatic rings. The Morgan fingerprint density at radius 1 is 1.17 bits per heavy atom. The van der Waals surface area contributed by atoms with E-state index in [4.69, 9.17) is 9.47 Å². The summed E-state index contributed by atoms with van der Waals surface area (Å²) in [5, 5.41) is 0. The smallest absolute Gasteiger partial charge is 0.410 e. The molecule has 0 aliphatic carbocycles. The van der Waals surface area contributed by atoms with E-state index in [0.29, 0.717) is 30.2 Å². The number of ether oxygens (including phenoxy) is 2. The van der Waals surface area contributed by atoms with Crippen molar-refractivity contribution in [1.82, 2.24) is 4.90 Å². The molecule has 1 amide bonds. The third kappa shape index (κ3) is 7.92. The molecule has 1 fully saturated rings. The number of hydrogen-bond acceptors (Lipinski definition) is 4. The fourth-order valence-electron chi connectivity index (χ4n) is 3.24. The Labute approximate surface area is 175 Å². The molecule has 1 heterocycles. The monoisotopic (exact) mass is 401 g/mol. The zero-order valence-electron chi connectivity index (χ0n) is 18.4. The lowest BCUT2D eigenvalue weighted by atomic mass is 10.00. The Morgan fingerprint density at radius 2 is 1.86 bits per heavy atom. The predicted molar refractivity (Wildman–Crippen MR) is 115 cm³/mol. The third-order valence-electron chi connectivity index (χ3n) is 4.76. The Kier molecular flexibility index (Phi) is 8.30. The van der Waals surface area contributed by atoms with Crippen LogP contribution in [-0.4, -0.2) is 35.2 Å². The molecule has 0 bridgehead atoms. The van der Waals surface area contributed by atoms with Gasteiger partial charge in [-0.05, 0) is 70.6 Å². The van der Waals surface area contributed by atoms with Crippen LogP contribution in [0.2, 0.25) is 0 Å². The number of nitrogens with zero attached hydrogens (tertiary/aromatic N) is 1. The summed E-state index contributed by atoms with van der Waals surface area (Å²) >= 11 is 0. The molecule has 0 N–H and O–H groups in total. The van der Waals surface area contributed by atoms with Crippen LogP contribution >= 0.6 is 0 Å². The third-order valence-corrected chi connectivity index (χ3v) is 4.76. The maximum Gasteiger partial charge on any atom is 0.410 e. The van der Waals surface area contributed by atoms with E-state index in [2.05, 4.69) is 13.8 Å². The van der Waals surface area contributed by atoms with Crippen molar-refractivity contribution in [3.05, 3.63) is 47.7 Å². The quantitative estimate of drug-likeness (QED) is 0.436. The molecule has 5 heteroatoms. The first-order valence-corrected chi connectivity index (χ1v) is 10.6. The highest BCUT2D eigenvalue weighted by Gasteiger charge is 2.30. The van der Waals surface area contributed by atoms with Gasteiger partial charge in [0.2, 0.25) is 0 Å². The number of piperidine rings is 1. The van der Waals surface area contributed by atoms with Crippen LogP contribution in [-0.2, 0) is 9.47 Å². The number of benzene rings is 1. The van der Waals surface area contributed by atoms with Crippen LogP contribution in [0.25, 0.3) is 0 Å². The minimum absolute atomic E-state index is 0.121. The zero-order chi connectivity index (χ0) is 21.4. The number of carbonyl (C=O) groups is 2. The Hall–Kier alpha value is -2.30. The Balaban J connectivity index is 2.19. The summed E-state index contributed by atoms with van der Waals surface area (Å²) in [6.45, 7) is 10.6. The van der Waals surface area contributed by atoms with Crippen molar-refractivity contribution >= 4 is 12.1 Å². The van der Waals surface area contributed by atoms with Gasteiger partial charge in [0.05, 0.1) is 11.6 Å². The van der Waals surface area contributed by atoms with E-state index in [1.807, 2.05) is 45.0 Å². The van der Waals surface area contributed by atoms with Crippen molar-refractivity contribution in [3.8, 4) is 0 Å². The molecule has 1 unspecified atom stereocenters. The minimum Gasteiger partial charge on any atom is -0.444 e.